The molecule has 2 rings (SSSR count). The second-order valence-electron chi connectivity index (χ2n) is 6.26. The second-order valence-corrected chi connectivity index (χ2v) is 8.50. The number of benzene rings is 1. The van der Waals surface area contributed by atoms with Crippen molar-refractivity contribution in [3.8, 4) is 0 Å². The van der Waals surface area contributed by atoms with Crippen LogP contribution < -0.4 is 5.32 Å². The number of hydrogen-bond donors (Lipinski definition) is 1. The maximum Gasteiger partial charge on any atom is 0.233 e. The average Bonchev–Trinajstić information content (AvgIpc) is 2.44. The van der Waals surface area contributed by atoms with E-state index in [4.69, 9.17) is 11.6 Å². The maximum atomic E-state index is 12.6. The molecule has 124 valence electrons. The molecule has 1 aliphatic rings. The van der Waals surface area contributed by atoms with Gasteiger partial charge in [0.1, 0.15) is 0 Å². The molecule has 1 fully saturated rings. The minimum Gasteiger partial charge on any atom is -0.332 e. The molecule has 22 heavy (non-hydrogen) atoms. The summed E-state index contributed by atoms with van der Waals surface area (Å²) < 4.78 is 0.106. The van der Waals surface area contributed by atoms with Crippen molar-refractivity contribution in [2.75, 3.05) is 25.4 Å². The fourth-order valence-electron chi connectivity index (χ4n) is 2.38. The fraction of sp³-hybridized carbons (Fsp3) is 0.562. The fourth-order valence-corrected chi connectivity index (χ4v) is 3.30. The van der Waals surface area contributed by atoms with Gasteiger partial charge in [-0.3, -0.25) is 4.79 Å². The Kier molecular flexibility index (Phi) is 7.53. The van der Waals surface area contributed by atoms with E-state index in [1.165, 1.54) is 0 Å². The number of rotatable bonds is 3. The van der Waals surface area contributed by atoms with Crippen LogP contribution in [0.5, 0.6) is 0 Å². The Hall–Kier alpha value is -0.420. The van der Waals surface area contributed by atoms with E-state index in [1.807, 2.05) is 29.2 Å². The van der Waals surface area contributed by atoms with Crippen LogP contribution in [-0.4, -0.2) is 40.9 Å². The molecule has 0 saturated carbocycles. The Bertz CT molecular complexity index is 505. The van der Waals surface area contributed by atoms with E-state index in [9.17, 15) is 4.79 Å². The molecule has 1 atom stereocenters. The summed E-state index contributed by atoms with van der Waals surface area (Å²) in [5, 5.41) is 4.08. The minimum atomic E-state index is 0. The van der Waals surface area contributed by atoms with Gasteiger partial charge in [-0.15, -0.1) is 24.2 Å². The molecule has 0 radical (unpaired) electrons. The lowest BCUT2D eigenvalue weighted by Crippen LogP contribution is -2.49. The van der Waals surface area contributed by atoms with Crippen LogP contribution in [0.15, 0.2) is 24.3 Å². The first-order chi connectivity index (χ1) is 9.87. The number of amides is 1. The van der Waals surface area contributed by atoms with E-state index >= 15 is 0 Å². The van der Waals surface area contributed by atoms with Crippen molar-refractivity contribution in [3.05, 3.63) is 34.9 Å². The molecular formula is C16H24Cl2N2OS. The van der Waals surface area contributed by atoms with Gasteiger partial charge in [0.15, 0.2) is 0 Å². The van der Waals surface area contributed by atoms with Gasteiger partial charge < -0.3 is 10.2 Å². The summed E-state index contributed by atoms with van der Waals surface area (Å²) in [5.41, 5.74) is 1.10. The van der Waals surface area contributed by atoms with E-state index in [0.29, 0.717) is 5.75 Å². The van der Waals surface area contributed by atoms with Crippen molar-refractivity contribution in [2.24, 2.45) is 0 Å². The van der Waals surface area contributed by atoms with Crippen LogP contribution in [0.25, 0.3) is 0 Å². The molecular weight excluding hydrogens is 339 g/mol. The Balaban J connectivity index is 0.00000242. The van der Waals surface area contributed by atoms with Gasteiger partial charge in [0, 0.05) is 29.4 Å². The van der Waals surface area contributed by atoms with Crippen LogP contribution in [0, 0.1) is 0 Å². The van der Waals surface area contributed by atoms with Crippen molar-refractivity contribution in [3.63, 3.8) is 0 Å². The molecule has 6 heteroatoms. The highest BCUT2D eigenvalue weighted by Crippen LogP contribution is 2.28. The summed E-state index contributed by atoms with van der Waals surface area (Å²) in [7, 11) is 0. The predicted octanol–water partition coefficient (Wildman–Crippen LogP) is 3.77. The number of nitrogens with one attached hydrogen (secondary N) is 1. The van der Waals surface area contributed by atoms with Crippen molar-refractivity contribution < 1.29 is 4.79 Å². The van der Waals surface area contributed by atoms with Crippen LogP contribution in [0.3, 0.4) is 0 Å². The summed E-state index contributed by atoms with van der Waals surface area (Å²) in [5.74, 6) is 0.738. The Morgan fingerprint density at radius 3 is 2.82 bits per heavy atom. The van der Waals surface area contributed by atoms with E-state index in [0.717, 1.165) is 30.2 Å². The number of piperazine rings is 1. The van der Waals surface area contributed by atoms with Gasteiger partial charge in [0.2, 0.25) is 5.91 Å². The summed E-state index contributed by atoms with van der Waals surface area (Å²) >= 11 is 7.78. The Morgan fingerprint density at radius 1 is 1.45 bits per heavy atom. The van der Waals surface area contributed by atoms with Crippen LogP contribution in [0.1, 0.15) is 32.4 Å². The van der Waals surface area contributed by atoms with Gasteiger partial charge >= 0.3 is 0 Å². The van der Waals surface area contributed by atoms with Crippen LogP contribution in [0.2, 0.25) is 5.02 Å². The zero-order valence-corrected chi connectivity index (χ0v) is 15.7. The third kappa shape index (κ3) is 5.65. The highest BCUT2D eigenvalue weighted by atomic mass is 35.5. The van der Waals surface area contributed by atoms with Crippen LogP contribution >= 0.6 is 35.8 Å². The first kappa shape index (κ1) is 19.6. The van der Waals surface area contributed by atoms with Crippen LogP contribution in [-0.2, 0) is 4.79 Å². The summed E-state index contributed by atoms with van der Waals surface area (Å²) in [6, 6.07) is 7.88. The first-order valence-corrected chi connectivity index (χ1v) is 8.63. The Morgan fingerprint density at radius 2 is 2.18 bits per heavy atom. The molecule has 0 spiro atoms. The molecule has 1 heterocycles. The van der Waals surface area contributed by atoms with E-state index in [1.54, 1.807) is 11.8 Å². The quantitative estimate of drug-likeness (QED) is 0.887. The highest BCUT2D eigenvalue weighted by molar-refractivity contribution is 8.01. The highest BCUT2D eigenvalue weighted by Gasteiger charge is 2.28. The van der Waals surface area contributed by atoms with Gasteiger partial charge in [0.25, 0.3) is 0 Å². The van der Waals surface area contributed by atoms with Crippen molar-refractivity contribution in [2.45, 2.75) is 31.6 Å². The summed E-state index contributed by atoms with van der Waals surface area (Å²) in [6.07, 6.45) is 0. The lowest BCUT2D eigenvalue weighted by molar-refractivity contribution is -0.131. The van der Waals surface area contributed by atoms with Crippen molar-refractivity contribution >= 4 is 41.7 Å². The lowest BCUT2D eigenvalue weighted by Gasteiger charge is -2.37. The number of halogens is 2. The maximum absolute atomic E-state index is 12.6. The molecule has 1 aliphatic heterocycles. The number of nitrogens with zero attached hydrogens (tertiary/aromatic N) is 1. The summed E-state index contributed by atoms with van der Waals surface area (Å²) in [6.45, 7) is 8.79. The zero-order valence-electron chi connectivity index (χ0n) is 13.3. The third-order valence-electron chi connectivity index (χ3n) is 3.43. The smallest absolute Gasteiger partial charge is 0.233 e. The number of hydrogen-bond acceptors (Lipinski definition) is 3. The largest absolute Gasteiger partial charge is 0.332 e. The molecule has 0 aromatic heterocycles. The first-order valence-electron chi connectivity index (χ1n) is 7.26. The Labute approximate surface area is 148 Å². The molecule has 1 aromatic carbocycles. The van der Waals surface area contributed by atoms with E-state index < -0.39 is 0 Å². The van der Waals surface area contributed by atoms with Gasteiger partial charge in [-0.25, -0.2) is 0 Å². The van der Waals surface area contributed by atoms with Gasteiger partial charge in [-0.1, -0.05) is 44.5 Å². The SMILES string of the molecule is CC(C)(C)SCC(=O)N1CCNCC1c1cccc(Cl)c1.Cl. The number of carbonyl (C=O) groups is 1. The average molecular weight is 363 g/mol. The van der Waals surface area contributed by atoms with E-state index in [-0.39, 0.29) is 29.1 Å². The summed E-state index contributed by atoms with van der Waals surface area (Å²) in [4.78, 5) is 14.5. The topological polar surface area (TPSA) is 32.3 Å². The van der Waals surface area contributed by atoms with Crippen molar-refractivity contribution in [1.82, 2.24) is 10.2 Å². The molecule has 1 amide bonds. The van der Waals surface area contributed by atoms with E-state index in [2.05, 4.69) is 26.1 Å². The van der Waals surface area contributed by atoms with Crippen molar-refractivity contribution in [1.29, 1.82) is 0 Å². The standard InChI is InChI=1S/C16H23ClN2OS.ClH/c1-16(2,3)21-11-15(20)19-8-7-18-10-14(19)12-5-4-6-13(17)9-12;/h4-6,9,14,18H,7-8,10-11H2,1-3H3;1H. The normalized spacial score (nSPS) is 18.7. The monoisotopic (exact) mass is 362 g/mol. The van der Waals surface area contributed by atoms with Gasteiger partial charge in [0.05, 0.1) is 11.8 Å². The molecule has 1 saturated heterocycles. The lowest BCUT2D eigenvalue weighted by atomic mass is 10.0. The molecule has 0 bridgehead atoms. The predicted molar refractivity (Wildman–Crippen MR) is 98.2 cm³/mol. The molecule has 1 N–H and O–H groups in total. The van der Waals surface area contributed by atoms with Gasteiger partial charge in [-0.2, -0.15) is 0 Å². The van der Waals surface area contributed by atoms with Crippen LogP contribution in [0.4, 0.5) is 0 Å². The molecule has 1 aromatic rings. The minimum absolute atomic E-state index is 0. The molecule has 1 unspecified atom stereocenters. The second kappa shape index (κ2) is 8.44. The number of carbonyl (C=O) groups excluding carboxylic acids is 1. The molecule has 0 aliphatic carbocycles. The third-order valence-corrected chi connectivity index (χ3v) is 4.92. The number of thioether (sulfide) groups is 1. The molecule has 3 nitrogen and oxygen atoms in total. The van der Waals surface area contributed by atoms with Gasteiger partial charge in [-0.05, 0) is 17.7 Å². The zero-order chi connectivity index (χ0) is 15.5.